The van der Waals surface area contributed by atoms with Crippen molar-refractivity contribution < 1.29 is 17.9 Å². The summed E-state index contributed by atoms with van der Waals surface area (Å²) in [5.41, 5.74) is 0.426. The molecule has 20 heavy (non-hydrogen) atoms. The molecular formula is C13H11BrFNO3S. The first-order valence-electron chi connectivity index (χ1n) is 5.57. The monoisotopic (exact) mass is 359 g/mol. The highest BCUT2D eigenvalue weighted by molar-refractivity contribution is 9.10. The summed E-state index contributed by atoms with van der Waals surface area (Å²) in [4.78, 5) is -0.00943. The van der Waals surface area contributed by atoms with Crippen molar-refractivity contribution in [3.8, 4) is 5.75 Å². The number of rotatable bonds is 3. The summed E-state index contributed by atoms with van der Waals surface area (Å²) in [5.74, 6) is -1.36. The van der Waals surface area contributed by atoms with Crippen LogP contribution < -0.4 is 4.72 Å². The van der Waals surface area contributed by atoms with Crippen LogP contribution in [0, 0.1) is 12.7 Å². The molecule has 0 atom stereocenters. The fourth-order valence-corrected chi connectivity index (χ4v) is 3.07. The fraction of sp³-hybridized carbons (Fsp3) is 0.0769. The summed E-state index contributed by atoms with van der Waals surface area (Å²) < 4.78 is 40.3. The van der Waals surface area contributed by atoms with Gasteiger partial charge < -0.3 is 5.11 Å². The summed E-state index contributed by atoms with van der Waals surface area (Å²) in [5, 5.41) is 9.63. The standard InChI is InChI=1S/C13H11BrFNO3S/c1-8-2-4-10(5-3-8)20(18,19)16-13-11(15)6-9(14)7-12(13)17/h2-7,16-17H,1H3. The van der Waals surface area contributed by atoms with Crippen LogP contribution in [0.3, 0.4) is 0 Å². The lowest BCUT2D eigenvalue weighted by molar-refractivity contribution is 0.472. The lowest BCUT2D eigenvalue weighted by atomic mass is 10.2. The van der Waals surface area contributed by atoms with E-state index >= 15 is 0 Å². The maximum Gasteiger partial charge on any atom is 0.262 e. The summed E-state index contributed by atoms with van der Waals surface area (Å²) in [6, 6.07) is 8.35. The lowest BCUT2D eigenvalue weighted by Crippen LogP contribution is -2.14. The topological polar surface area (TPSA) is 66.4 Å². The molecule has 0 aliphatic heterocycles. The molecule has 2 aromatic rings. The molecule has 0 aliphatic rings. The molecule has 0 radical (unpaired) electrons. The van der Waals surface area contributed by atoms with E-state index in [4.69, 9.17) is 0 Å². The molecule has 0 aromatic heterocycles. The Morgan fingerprint density at radius 1 is 1.20 bits per heavy atom. The van der Waals surface area contributed by atoms with E-state index in [1.165, 1.54) is 18.2 Å². The van der Waals surface area contributed by atoms with Gasteiger partial charge in [-0.1, -0.05) is 33.6 Å². The first-order chi connectivity index (χ1) is 9.29. The lowest BCUT2D eigenvalue weighted by Gasteiger charge is -2.11. The number of nitrogens with one attached hydrogen (secondary N) is 1. The van der Waals surface area contributed by atoms with Crippen molar-refractivity contribution in [2.75, 3.05) is 4.72 Å². The fourth-order valence-electron chi connectivity index (χ4n) is 1.57. The normalized spacial score (nSPS) is 11.3. The van der Waals surface area contributed by atoms with Crippen molar-refractivity contribution in [1.29, 1.82) is 0 Å². The first-order valence-corrected chi connectivity index (χ1v) is 7.85. The van der Waals surface area contributed by atoms with Crippen molar-refractivity contribution >= 4 is 31.6 Å². The maximum atomic E-state index is 13.7. The van der Waals surface area contributed by atoms with Gasteiger partial charge in [0.15, 0.2) is 5.82 Å². The van der Waals surface area contributed by atoms with Gasteiger partial charge in [0.05, 0.1) is 4.90 Å². The van der Waals surface area contributed by atoms with Crippen molar-refractivity contribution in [3.05, 3.63) is 52.3 Å². The zero-order valence-corrected chi connectivity index (χ0v) is 12.8. The van der Waals surface area contributed by atoms with Gasteiger partial charge in [-0.25, -0.2) is 12.8 Å². The number of aryl methyl sites for hydroxylation is 1. The van der Waals surface area contributed by atoms with Gasteiger partial charge in [-0.3, -0.25) is 4.72 Å². The van der Waals surface area contributed by atoms with E-state index in [9.17, 15) is 17.9 Å². The number of anilines is 1. The largest absolute Gasteiger partial charge is 0.506 e. The number of hydrogen-bond donors (Lipinski definition) is 2. The van der Waals surface area contributed by atoms with E-state index < -0.39 is 27.3 Å². The highest BCUT2D eigenvalue weighted by Gasteiger charge is 2.19. The van der Waals surface area contributed by atoms with E-state index in [1.54, 1.807) is 12.1 Å². The second-order valence-corrected chi connectivity index (χ2v) is 6.80. The second-order valence-electron chi connectivity index (χ2n) is 4.20. The summed E-state index contributed by atoms with van der Waals surface area (Å²) in [7, 11) is -3.95. The minimum absolute atomic E-state index is 0.00943. The average Bonchev–Trinajstić information content (AvgIpc) is 2.34. The Kier molecular flexibility index (Phi) is 4.01. The van der Waals surface area contributed by atoms with Gasteiger partial charge in [0.1, 0.15) is 11.4 Å². The van der Waals surface area contributed by atoms with Gasteiger partial charge in [0, 0.05) is 4.47 Å². The maximum absolute atomic E-state index is 13.7. The highest BCUT2D eigenvalue weighted by atomic mass is 79.9. The molecule has 7 heteroatoms. The Labute approximate surface area is 124 Å². The number of aromatic hydroxyl groups is 1. The van der Waals surface area contributed by atoms with Gasteiger partial charge >= 0.3 is 0 Å². The van der Waals surface area contributed by atoms with Crippen LogP contribution in [0.1, 0.15) is 5.56 Å². The molecule has 0 saturated heterocycles. The molecule has 4 nitrogen and oxygen atoms in total. The molecule has 0 unspecified atom stereocenters. The zero-order chi connectivity index (χ0) is 14.9. The predicted molar refractivity (Wildman–Crippen MR) is 77.8 cm³/mol. The van der Waals surface area contributed by atoms with Gasteiger partial charge in [-0.2, -0.15) is 0 Å². The SMILES string of the molecule is Cc1ccc(S(=O)(=O)Nc2c(O)cc(Br)cc2F)cc1. The Bertz CT molecular complexity index is 722. The number of benzene rings is 2. The van der Waals surface area contributed by atoms with Gasteiger partial charge in [0.2, 0.25) is 0 Å². The van der Waals surface area contributed by atoms with Crippen LogP contribution in [-0.2, 0) is 10.0 Å². The minimum atomic E-state index is -3.95. The Morgan fingerprint density at radius 3 is 2.35 bits per heavy atom. The molecule has 0 heterocycles. The molecule has 0 spiro atoms. The third-order valence-electron chi connectivity index (χ3n) is 2.60. The molecule has 0 bridgehead atoms. The summed E-state index contributed by atoms with van der Waals surface area (Å²) in [6.07, 6.45) is 0. The third kappa shape index (κ3) is 3.10. The Balaban J connectivity index is 2.41. The highest BCUT2D eigenvalue weighted by Crippen LogP contribution is 2.32. The van der Waals surface area contributed by atoms with Gasteiger partial charge in [0.25, 0.3) is 10.0 Å². The molecule has 0 saturated carbocycles. The van der Waals surface area contributed by atoms with Crippen LogP contribution in [-0.4, -0.2) is 13.5 Å². The molecule has 0 fully saturated rings. The Hall–Kier alpha value is -1.60. The van der Waals surface area contributed by atoms with E-state index in [0.717, 1.165) is 11.6 Å². The number of sulfonamides is 1. The first kappa shape index (κ1) is 14.8. The van der Waals surface area contributed by atoms with Crippen LogP contribution >= 0.6 is 15.9 Å². The summed E-state index contributed by atoms with van der Waals surface area (Å²) in [6.45, 7) is 1.82. The van der Waals surface area contributed by atoms with Crippen LogP contribution in [0.15, 0.2) is 45.8 Å². The second kappa shape index (κ2) is 5.41. The average molecular weight is 360 g/mol. The quantitative estimate of drug-likeness (QED) is 0.825. The molecule has 106 valence electrons. The van der Waals surface area contributed by atoms with Crippen molar-refractivity contribution in [2.24, 2.45) is 0 Å². The summed E-state index contributed by atoms with van der Waals surface area (Å²) >= 11 is 3.00. The van der Waals surface area contributed by atoms with Crippen LogP contribution in [0.4, 0.5) is 10.1 Å². The molecule has 2 rings (SSSR count). The molecule has 2 N–H and O–H groups in total. The van der Waals surface area contributed by atoms with E-state index in [1.807, 2.05) is 11.6 Å². The third-order valence-corrected chi connectivity index (χ3v) is 4.43. The van der Waals surface area contributed by atoms with E-state index in [-0.39, 0.29) is 4.90 Å². The van der Waals surface area contributed by atoms with Crippen LogP contribution in [0.5, 0.6) is 5.75 Å². The predicted octanol–water partition coefficient (Wildman–Crippen LogP) is 3.40. The number of phenolic OH excluding ortho intramolecular Hbond substituents is 1. The van der Waals surface area contributed by atoms with Crippen molar-refractivity contribution in [3.63, 3.8) is 0 Å². The molecule has 0 amide bonds. The van der Waals surface area contributed by atoms with Crippen molar-refractivity contribution in [1.82, 2.24) is 0 Å². The van der Waals surface area contributed by atoms with E-state index in [2.05, 4.69) is 15.9 Å². The van der Waals surface area contributed by atoms with E-state index in [0.29, 0.717) is 4.47 Å². The minimum Gasteiger partial charge on any atom is -0.506 e. The molecule has 2 aromatic carbocycles. The van der Waals surface area contributed by atoms with Crippen LogP contribution in [0.25, 0.3) is 0 Å². The zero-order valence-electron chi connectivity index (χ0n) is 10.4. The smallest absolute Gasteiger partial charge is 0.262 e. The van der Waals surface area contributed by atoms with Gasteiger partial charge in [-0.05, 0) is 31.2 Å². The molecule has 0 aliphatic carbocycles. The van der Waals surface area contributed by atoms with Crippen LogP contribution in [0.2, 0.25) is 0 Å². The Morgan fingerprint density at radius 2 is 1.80 bits per heavy atom. The number of hydrogen-bond acceptors (Lipinski definition) is 3. The van der Waals surface area contributed by atoms with Crippen molar-refractivity contribution in [2.45, 2.75) is 11.8 Å². The molecular weight excluding hydrogens is 349 g/mol. The number of phenols is 1. The number of halogens is 2. The van der Waals surface area contributed by atoms with Gasteiger partial charge in [-0.15, -0.1) is 0 Å².